The summed E-state index contributed by atoms with van der Waals surface area (Å²) in [6, 6.07) is 13.3. The number of alkyl halides is 3. The maximum absolute atomic E-state index is 12.8. The largest absolute Gasteiger partial charge is 0.390 e. The standard InChI is InChI=1S/C27H27F3N6O/c1-35(2)19-8-5-17(6-9-19)22-15-36-23(14-33-26(36)25(34-22)32-12-11-27(28,29)30)18-7-10-20(24(31)37)21(13-18)16-3-4-16/h5-10,13-16H,3-4,11-12H2,1-2H3,(H2,31,37)(H,32,34). The van der Waals surface area contributed by atoms with E-state index in [-0.39, 0.29) is 12.4 Å². The Labute approximate surface area is 212 Å². The second-order valence-corrected chi connectivity index (χ2v) is 9.49. The minimum atomic E-state index is -4.29. The lowest BCUT2D eigenvalue weighted by Gasteiger charge is -2.14. The Balaban J connectivity index is 1.61. The smallest absolute Gasteiger partial charge is 0.378 e. The number of aromatic nitrogens is 3. The van der Waals surface area contributed by atoms with E-state index in [0.29, 0.717) is 22.8 Å². The summed E-state index contributed by atoms with van der Waals surface area (Å²) in [6.45, 7) is -0.323. The average molecular weight is 509 g/mol. The molecule has 0 aliphatic heterocycles. The molecule has 3 N–H and O–H groups in total. The molecule has 0 unspecified atom stereocenters. The number of hydrogen-bond donors (Lipinski definition) is 2. The molecule has 1 aliphatic carbocycles. The molecule has 4 aromatic rings. The van der Waals surface area contributed by atoms with Crippen LogP contribution in [0.4, 0.5) is 24.7 Å². The first-order chi connectivity index (χ1) is 17.6. The van der Waals surface area contributed by atoms with Crippen molar-refractivity contribution in [2.24, 2.45) is 5.73 Å². The van der Waals surface area contributed by atoms with Crippen LogP contribution in [0.2, 0.25) is 0 Å². The number of carbonyl (C=O) groups excluding carboxylic acids is 1. The van der Waals surface area contributed by atoms with E-state index in [1.807, 2.05) is 66.0 Å². The molecular formula is C27H27F3N6O. The monoisotopic (exact) mass is 508 g/mol. The minimum Gasteiger partial charge on any atom is -0.378 e. The molecule has 0 bridgehead atoms. The molecule has 1 amide bonds. The van der Waals surface area contributed by atoms with Crippen molar-refractivity contribution in [2.75, 3.05) is 30.9 Å². The number of anilines is 2. The van der Waals surface area contributed by atoms with Crippen LogP contribution in [0.15, 0.2) is 54.9 Å². The van der Waals surface area contributed by atoms with Crippen molar-refractivity contribution >= 4 is 23.1 Å². The summed E-state index contributed by atoms with van der Waals surface area (Å²) in [5.74, 6) is 0.102. The Hall–Kier alpha value is -4.08. The Morgan fingerprint density at radius 2 is 1.84 bits per heavy atom. The quantitative estimate of drug-likeness (QED) is 0.330. The first-order valence-electron chi connectivity index (χ1n) is 12.0. The summed E-state index contributed by atoms with van der Waals surface area (Å²) >= 11 is 0. The van der Waals surface area contributed by atoms with Gasteiger partial charge in [0.05, 0.1) is 24.0 Å². The van der Waals surface area contributed by atoms with Gasteiger partial charge in [0.1, 0.15) is 0 Å². The molecule has 1 fully saturated rings. The number of rotatable bonds is 8. The predicted molar refractivity (Wildman–Crippen MR) is 138 cm³/mol. The summed E-state index contributed by atoms with van der Waals surface area (Å²) in [6.07, 6.45) is 0.222. The third-order valence-electron chi connectivity index (χ3n) is 6.50. The third-order valence-corrected chi connectivity index (χ3v) is 6.50. The van der Waals surface area contributed by atoms with Crippen LogP contribution < -0.4 is 16.0 Å². The summed E-state index contributed by atoms with van der Waals surface area (Å²) in [4.78, 5) is 23.0. The highest BCUT2D eigenvalue weighted by molar-refractivity contribution is 5.95. The fourth-order valence-corrected chi connectivity index (χ4v) is 4.39. The normalized spacial score (nSPS) is 13.6. The Morgan fingerprint density at radius 3 is 2.46 bits per heavy atom. The number of fused-ring (bicyclic) bond motifs is 1. The number of carbonyl (C=O) groups is 1. The molecule has 1 aliphatic rings. The zero-order chi connectivity index (χ0) is 26.3. The van der Waals surface area contributed by atoms with Crippen molar-refractivity contribution in [2.45, 2.75) is 31.4 Å². The fraction of sp³-hybridized carbons (Fsp3) is 0.296. The molecule has 37 heavy (non-hydrogen) atoms. The zero-order valence-corrected chi connectivity index (χ0v) is 20.5. The van der Waals surface area contributed by atoms with Crippen molar-refractivity contribution in [3.63, 3.8) is 0 Å². The third kappa shape index (κ3) is 5.23. The number of nitrogens with two attached hydrogens (primary N) is 1. The molecule has 192 valence electrons. The first kappa shape index (κ1) is 24.6. The van der Waals surface area contributed by atoms with E-state index in [4.69, 9.17) is 5.73 Å². The van der Waals surface area contributed by atoms with Gasteiger partial charge in [-0.1, -0.05) is 18.2 Å². The van der Waals surface area contributed by atoms with Crippen molar-refractivity contribution in [3.05, 3.63) is 66.0 Å². The van der Waals surface area contributed by atoms with Crippen molar-refractivity contribution in [1.29, 1.82) is 0 Å². The maximum atomic E-state index is 12.8. The highest BCUT2D eigenvalue weighted by Crippen LogP contribution is 2.43. The summed E-state index contributed by atoms with van der Waals surface area (Å²) < 4.78 is 40.3. The van der Waals surface area contributed by atoms with E-state index < -0.39 is 18.5 Å². The number of nitrogens with zero attached hydrogens (tertiary/aromatic N) is 4. The maximum Gasteiger partial charge on any atom is 0.390 e. The number of hydrogen-bond acceptors (Lipinski definition) is 5. The summed E-state index contributed by atoms with van der Waals surface area (Å²) in [5, 5.41) is 2.83. The Bertz CT molecular complexity index is 1460. The second kappa shape index (κ2) is 9.42. The number of halogens is 3. The van der Waals surface area contributed by atoms with Crippen LogP contribution in [0.5, 0.6) is 0 Å². The van der Waals surface area contributed by atoms with Crippen LogP contribution in [0.25, 0.3) is 28.2 Å². The van der Waals surface area contributed by atoms with E-state index in [2.05, 4.69) is 15.3 Å². The highest BCUT2D eigenvalue weighted by atomic mass is 19.4. The van der Waals surface area contributed by atoms with Gasteiger partial charge in [0.25, 0.3) is 0 Å². The Morgan fingerprint density at radius 1 is 1.14 bits per heavy atom. The van der Waals surface area contributed by atoms with E-state index in [9.17, 15) is 18.0 Å². The molecule has 0 spiro atoms. The van der Waals surface area contributed by atoms with Crippen LogP contribution >= 0.6 is 0 Å². The number of nitrogens with one attached hydrogen (secondary N) is 1. The molecule has 2 heterocycles. The van der Waals surface area contributed by atoms with Gasteiger partial charge in [-0.05, 0) is 48.6 Å². The van der Waals surface area contributed by atoms with Crippen molar-refractivity contribution in [1.82, 2.24) is 14.4 Å². The molecule has 0 atom stereocenters. The van der Waals surface area contributed by atoms with Crippen LogP contribution in [0.3, 0.4) is 0 Å². The van der Waals surface area contributed by atoms with Crippen LogP contribution in [-0.2, 0) is 0 Å². The topological polar surface area (TPSA) is 88.5 Å². The zero-order valence-electron chi connectivity index (χ0n) is 20.5. The number of amides is 1. The summed E-state index contributed by atoms with van der Waals surface area (Å²) in [7, 11) is 3.89. The molecule has 7 nitrogen and oxygen atoms in total. The molecular weight excluding hydrogens is 481 g/mol. The van der Waals surface area contributed by atoms with Crippen molar-refractivity contribution in [3.8, 4) is 22.5 Å². The molecule has 10 heteroatoms. The minimum absolute atomic E-state index is 0.265. The average Bonchev–Trinajstić information content (AvgIpc) is 3.61. The van der Waals surface area contributed by atoms with Gasteiger partial charge in [0, 0.05) is 49.2 Å². The molecule has 2 aromatic heterocycles. The number of imidazole rings is 1. The highest BCUT2D eigenvalue weighted by Gasteiger charge is 2.29. The molecule has 2 aromatic carbocycles. The molecule has 1 saturated carbocycles. The lowest BCUT2D eigenvalue weighted by molar-refractivity contribution is -0.131. The number of benzene rings is 2. The second-order valence-electron chi connectivity index (χ2n) is 9.49. The lowest BCUT2D eigenvalue weighted by atomic mass is 9.98. The molecule has 0 saturated heterocycles. The first-order valence-corrected chi connectivity index (χ1v) is 12.0. The Kier molecular flexibility index (Phi) is 6.26. The van der Waals surface area contributed by atoms with Crippen LogP contribution in [0, 0.1) is 0 Å². The number of primary amides is 1. The summed E-state index contributed by atoms with van der Waals surface area (Å²) in [5.41, 5.74) is 11.4. The fourth-order valence-electron chi connectivity index (χ4n) is 4.39. The van der Waals surface area contributed by atoms with E-state index in [0.717, 1.165) is 40.9 Å². The van der Waals surface area contributed by atoms with E-state index in [1.165, 1.54) is 0 Å². The van der Waals surface area contributed by atoms with Gasteiger partial charge in [0.15, 0.2) is 11.5 Å². The van der Waals surface area contributed by atoms with E-state index >= 15 is 0 Å². The van der Waals surface area contributed by atoms with Crippen molar-refractivity contribution < 1.29 is 18.0 Å². The molecule has 0 radical (unpaired) electrons. The SMILES string of the molecule is CN(C)c1ccc(-c2cn3c(-c4ccc(C(N)=O)c(C5CC5)c4)cnc3c(NCCC(F)(F)F)n2)cc1. The van der Waals surface area contributed by atoms with Crippen LogP contribution in [-0.4, -0.2) is 47.1 Å². The van der Waals surface area contributed by atoms with Gasteiger partial charge < -0.3 is 16.0 Å². The lowest BCUT2D eigenvalue weighted by Crippen LogP contribution is -2.16. The van der Waals surface area contributed by atoms with Gasteiger partial charge in [-0.15, -0.1) is 0 Å². The van der Waals surface area contributed by atoms with E-state index in [1.54, 1.807) is 12.3 Å². The van der Waals surface area contributed by atoms with Gasteiger partial charge in [0.2, 0.25) is 5.91 Å². The predicted octanol–water partition coefficient (Wildman–Crippen LogP) is 5.47. The van der Waals surface area contributed by atoms with Gasteiger partial charge in [-0.2, -0.15) is 13.2 Å². The van der Waals surface area contributed by atoms with Gasteiger partial charge in [-0.3, -0.25) is 9.20 Å². The molecule has 5 rings (SSSR count). The van der Waals surface area contributed by atoms with Gasteiger partial charge >= 0.3 is 6.18 Å². The van der Waals surface area contributed by atoms with Gasteiger partial charge in [-0.25, -0.2) is 9.97 Å². The van der Waals surface area contributed by atoms with Crippen LogP contribution in [0.1, 0.15) is 41.1 Å².